The second-order valence-electron chi connectivity index (χ2n) is 3.48. The van der Waals surface area contributed by atoms with E-state index < -0.39 is 23.6 Å². The fraction of sp³-hybridized carbons (Fsp3) is 0.300. The number of carbonyl (C=O) groups is 1. The van der Waals surface area contributed by atoms with Gasteiger partial charge in [-0.05, 0) is 40.5 Å². The van der Waals surface area contributed by atoms with Gasteiger partial charge in [0.25, 0.3) is 0 Å². The molecule has 3 nitrogen and oxygen atoms in total. The van der Waals surface area contributed by atoms with Gasteiger partial charge in [0.1, 0.15) is 11.4 Å². The minimum Gasteiger partial charge on any atom is -0.479 e. The van der Waals surface area contributed by atoms with Gasteiger partial charge < -0.3 is 10.2 Å². The summed E-state index contributed by atoms with van der Waals surface area (Å²) in [4.78, 5) is 10.5. The van der Waals surface area contributed by atoms with Crippen LogP contribution in [0.1, 0.15) is 12.5 Å². The van der Waals surface area contributed by atoms with Crippen molar-refractivity contribution in [3.8, 4) is 0 Å². The Hall–Kier alpha value is -1.01. The first-order valence-electron chi connectivity index (χ1n) is 4.31. The number of hydrogen-bond acceptors (Lipinski definition) is 2. The average molecular weight is 295 g/mol. The Balaban J connectivity index is 3.16. The summed E-state index contributed by atoms with van der Waals surface area (Å²) in [5.41, 5.74) is -2.22. The monoisotopic (exact) mass is 294 g/mol. The van der Waals surface area contributed by atoms with E-state index in [4.69, 9.17) is 5.11 Å². The van der Waals surface area contributed by atoms with Crippen LogP contribution < -0.4 is 0 Å². The predicted molar refractivity (Wildman–Crippen MR) is 56.2 cm³/mol. The van der Waals surface area contributed by atoms with Crippen LogP contribution in [0, 0.1) is 5.82 Å². The lowest BCUT2D eigenvalue weighted by Gasteiger charge is -2.25. The van der Waals surface area contributed by atoms with Crippen molar-refractivity contribution >= 4 is 21.9 Å². The normalized spacial score (nSPS) is 16.6. The summed E-state index contributed by atoms with van der Waals surface area (Å²) in [5.74, 6) is -2.35. The molecule has 1 aromatic carbocycles. The van der Waals surface area contributed by atoms with Gasteiger partial charge in [-0.15, -0.1) is 0 Å². The summed E-state index contributed by atoms with van der Waals surface area (Å²) in [6.07, 6.45) is -2.48. The quantitative estimate of drug-likeness (QED) is 0.899. The van der Waals surface area contributed by atoms with E-state index in [0.717, 1.165) is 25.1 Å². The molecule has 0 aromatic heterocycles. The number of carboxylic acids is 1. The smallest absolute Gasteiger partial charge is 0.341 e. The Morgan fingerprint density at radius 3 is 2.56 bits per heavy atom. The number of halogens is 3. The fourth-order valence-corrected chi connectivity index (χ4v) is 1.58. The third-order valence-electron chi connectivity index (χ3n) is 2.21. The summed E-state index contributed by atoms with van der Waals surface area (Å²) in [7, 11) is 0. The number of aliphatic carboxylic acids is 1. The molecule has 6 heteroatoms. The van der Waals surface area contributed by atoms with Crippen molar-refractivity contribution in [1.29, 1.82) is 0 Å². The zero-order valence-corrected chi connectivity index (χ0v) is 9.83. The number of alkyl halides is 1. The van der Waals surface area contributed by atoms with Gasteiger partial charge in [-0.2, -0.15) is 0 Å². The van der Waals surface area contributed by atoms with Crippen LogP contribution in [0.5, 0.6) is 0 Å². The summed E-state index contributed by atoms with van der Waals surface area (Å²) in [6, 6.07) is 3.29. The highest BCUT2D eigenvalue weighted by Crippen LogP contribution is 2.30. The van der Waals surface area contributed by atoms with Crippen LogP contribution in [0.15, 0.2) is 22.7 Å². The maximum absolute atomic E-state index is 13.3. The molecule has 0 amide bonds. The molecule has 0 aliphatic carbocycles. The van der Waals surface area contributed by atoms with Crippen LogP contribution in [-0.2, 0) is 10.4 Å². The van der Waals surface area contributed by atoms with E-state index in [9.17, 15) is 18.7 Å². The van der Waals surface area contributed by atoms with Gasteiger partial charge in [0.05, 0.1) is 4.47 Å². The minimum absolute atomic E-state index is 0.0179. The molecule has 0 bridgehead atoms. The van der Waals surface area contributed by atoms with Gasteiger partial charge in [-0.3, -0.25) is 0 Å². The molecular formula is C10H9BrF2O3. The minimum atomic E-state index is -2.48. The molecule has 0 saturated heterocycles. The topological polar surface area (TPSA) is 57.5 Å². The average Bonchev–Trinajstić information content (AvgIpc) is 2.20. The van der Waals surface area contributed by atoms with Gasteiger partial charge in [-0.25, -0.2) is 13.6 Å². The van der Waals surface area contributed by atoms with Crippen molar-refractivity contribution in [3.63, 3.8) is 0 Å². The highest BCUT2D eigenvalue weighted by atomic mass is 79.9. The van der Waals surface area contributed by atoms with Crippen molar-refractivity contribution in [2.24, 2.45) is 0 Å². The third-order valence-corrected chi connectivity index (χ3v) is 2.82. The maximum Gasteiger partial charge on any atom is 0.341 e. The molecule has 0 spiro atoms. The van der Waals surface area contributed by atoms with E-state index in [1.165, 1.54) is 0 Å². The maximum atomic E-state index is 13.3. The molecule has 0 saturated carbocycles. The second-order valence-corrected chi connectivity index (χ2v) is 4.33. The zero-order valence-electron chi connectivity index (χ0n) is 8.25. The summed E-state index contributed by atoms with van der Waals surface area (Å²) in [6.45, 7) is 1.02. The number of carboxylic acid groups (broad SMARTS) is 1. The summed E-state index contributed by atoms with van der Waals surface area (Å²) < 4.78 is 26.2. The van der Waals surface area contributed by atoms with Gasteiger partial charge >= 0.3 is 5.97 Å². The first kappa shape index (κ1) is 13.1. The predicted octanol–water partition coefficient (Wildman–Crippen LogP) is 2.22. The molecule has 16 heavy (non-hydrogen) atoms. The lowest BCUT2D eigenvalue weighted by molar-refractivity contribution is -0.153. The van der Waals surface area contributed by atoms with Crippen LogP contribution in [-0.4, -0.2) is 22.4 Å². The molecule has 2 unspecified atom stereocenters. The lowest BCUT2D eigenvalue weighted by atomic mass is 9.91. The molecule has 0 radical (unpaired) electrons. The molecule has 2 N–H and O–H groups in total. The van der Waals surface area contributed by atoms with E-state index in [-0.39, 0.29) is 10.0 Å². The highest BCUT2D eigenvalue weighted by molar-refractivity contribution is 9.10. The van der Waals surface area contributed by atoms with Crippen LogP contribution in [0.3, 0.4) is 0 Å². The Labute approximate surface area is 98.8 Å². The van der Waals surface area contributed by atoms with Gasteiger partial charge in [0.2, 0.25) is 6.17 Å². The van der Waals surface area contributed by atoms with Crippen molar-refractivity contribution in [2.45, 2.75) is 18.7 Å². The number of aliphatic hydroxyl groups is 1. The third kappa shape index (κ3) is 2.38. The number of hydrogen-bond donors (Lipinski definition) is 2. The zero-order chi connectivity index (χ0) is 12.5. The molecule has 2 atom stereocenters. The molecule has 0 heterocycles. The first-order chi connectivity index (χ1) is 7.26. The van der Waals surface area contributed by atoms with E-state index in [0.29, 0.717) is 0 Å². The molecule has 0 aliphatic heterocycles. The first-order valence-corrected chi connectivity index (χ1v) is 5.11. The van der Waals surface area contributed by atoms with Gasteiger partial charge in [0, 0.05) is 0 Å². The van der Waals surface area contributed by atoms with Crippen LogP contribution in [0.2, 0.25) is 0 Å². The SMILES string of the molecule is CC(O)(c1ccc(F)c(Br)c1)C(F)C(=O)O. The largest absolute Gasteiger partial charge is 0.479 e. The Kier molecular flexibility index (Phi) is 3.64. The molecule has 1 aromatic rings. The second kappa shape index (κ2) is 4.47. The fourth-order valence-electron chi connectivity index (χ4n) is 1.20. The Bertz CT molecular complexity index is 421. The molecule has 1 rings (SSSR count). The lowest BCUT2D eigenvalue weighted by Crippen LogP contribution is -2.39. The standard InChI is InChI=1S/C10H9BrF2O3/c1-10(16,8(13)9(14)15)5-2-3-7(12)6(11)4-5/h2-4,8,16H,1H3,(H,14,15). The van der Waals surface area contributed by atoms with E-state index in [1.807, 2.05) is 0 Å². The van der Waals surface area contributed by atoms with Crippen LogP contribution >= 0.6 is 15.9 Å². The van der Waals surface area contributed by atoms with Gasteiger partial charge in [-0.1, -0.05) is 6.07 Å². The van der Waals surface area contributed by atoms with E-state index in [1.54, 1.807) is 0 Å². The molecule has 0 fully saturated rings. The van der Waals surface area contributed by atoms with Crippen molar-refractivity contribution in [3.05, 3.63) is 34.1 Å². The molecular weight excluding hydrogens is 286 g/mol. The van der Waals surface area contributed by atoms with Crippen molar-refractivity contribution < 1.29 is 23.8 Å². The summed E-state index contributed by atoms with van der Waals surface area (Å²) in [5, 5.41) is 18.2. The van der Waals surface area contributed by atoms with Crippen LogP contribution in [0.4, 0.5) is 8.78 Å². The summed E-state index contributed by atoms with van der Waals surface area (Å²) >= 11 is 2.87. The number of rotatable bonds is 3. The van der Waals surface area contributed by atoms with Crippen LogP contribution in [0.25, 0.3) is 0 Å². The van der Waals surface area contributed by atoms with Crippen molar-refractivity contribution in [2.75, 3.05) is 0 Å². The number of benzene rings is 1. The Morgan fingerprint density at radius 1 is 1.56 bits per heavy atom. The Morgan fingerprint density at radius 2 is 2.12 bits per heavy atom. The molecule has 0 aliphatic rings. The molecule has 88 valence electrons. The van der Waals surface area contributed by atoms with Crippen molar-refractivity contribution in [1.82, 2.24) is 0 Å². The highest BCUT2D eigenvalue weighted by Gasteiger charge is 2.39. The van der Waals surface area contributed by atoms with Gasteiger partial charge in [0.15, 0.2) is 0 Å². The van der Waals surface area contributed by atoms with E-state index >= 15 is 0 Å². The van der Waals surface area contributed by atoms with E-state index in [2.05, 4.69) is 15.9 Å².